The molecule has 0 unspecified atom stereocenters. The maximum atomic E-state index is 14.2. The molecule has 2 amide bonds. The lowest BCUT2D eigenvalue weighted by Crippen LogP contribution is -2.67. The summed E-state index contributed by atoms with van der Waals surface area (Å²) in [4.78, 5) is 37.3. The van der Waals surface area contributed by atoms with Crippen LogP contribution in [0.4, 0.5) is 0 Å². The Morgan fingerprint density at radius 3 is 2.62 bits per heavy atom. The lowest BCUT2D eigenvalue weighted by molar-refractivity contribution is -0.166. The number of carbonyl (C=O) groups excluding carboxylic acids is 2. The van der Waals surface area contributed by atoms with E-state index >= 15 is 0 Å². The van der Waals surface area contributed by atoms with Crippen LogP contribution in [0.3, 0.4) is 0 Å². The fourth-order valence-corrected chi connectivity index (χ4v) is 6.40. The zero-order valence-corrected chi connectivity index (χ0v) is 21.5. The van der Waals surface area contributed by atoms with Crippen LogP contribution in [-0.4, -0.2) is 91.1 Å². The van der Waals surface area contributed by atoms with E-state index in [1.165, 1.54) is 0 Å². The van der Waals surface area contributed by atoms with Crippen molar-refractivity contribution in [3.8, 4) is 5.75 Å². The van der Waals surface area contributed by atoms with Crippen LogP contribution in [0.5, 0.6) is 5.75 Å². The van der Waals surface area contributed by atoms with Crippen molar-refractivity contribution in [2.45, 2.75) is 24.8 Å². The van der Waals surface area contributed by atoms with Crippen molar-refractivity contribution in [1.29, 1.82) is 0 Å². The lowest BCUT2D eigenvalue weighted by atomic mass is 9.76. The van der Waals surface area contributed by atoms with Crippen LogP contribution < -0.4 is 4.74 Å². The largest absolute Gasteiger partial charge is 0.496 e. The average molecular weight is 503 g/mol. The maximum absolute atomic E-state index is 14.2. The zero-order chi connectivity index (χ0) is 25.6. The first-order chi connectivity index (χ1) is 18.0. The minimum Gasteiger partial charge on any atom is -0.496 e. The average Bonchev–Trinajstić information content (AvgIpc) is 3.33. The Morgan fingerprint density at radius 1 is 1.05 bits per heavy atom. The normalized spacial score (nSPS) is 24.3. The number of rotatable bonds is 6. The number of piperazine rings is 1. The molecular weight excluding hydrogens is 468 g/mol. The van der Waals surface area contributed by atoms with Crippen LogP contribution in [0.25, 0.3) is 10.9 Å². The Bertz CT molecular complexity index is 1330. The number of carbonyl (C=O) groups is 2. The summed E-state index contributed by atoms with van der Waals surface area (Å²) in [5, 5.41) is 1.08. The number of morpholine rings is 1. The van der Waals surface area contributed by atoms with Crippen molar-refractivity contribution in [3.05, 3.63) is 65.4 Å². The van der Waals surface area contributed by atoms with Crippen molar-refractivity contribution < 1.29 is 19.1 Å². The molecule has 0 saturated carbocycles. The summed E-state index contributed by atoms with van der Waals surface area (Å²) >= 11 is 0. The minimum absolute atomic E-state index is 0.0136. The van der Waals surface area contributed by atoms with Crippen molar-refractivity contribution in [2.24, 2.45) is 0 Å². The number of hydrogen-bond acceptors (Lipinski definition) is 5. The number of ether oxygens (including phenoxy) is 2. The molecule has 3 aromatic rings. The summed E-state index contributed by atoms with van der Waals surface area (Å²) in [5.74, 6) is 0.644. The van der Waals surface area contributed by atoms with E-state index in [1.54, 1.807) is 16.9 Å². The van der Waals surface area contributed by atoms with Gasteiger partial charge in [0, 0.05) is 55.1 Å². The highest BCUT2D eigenvalue weighted by molar-refractivity contribution is 6.01. The molecule has 0 spiro atoms. The molecule has 8 heteroatoms. The number of aromatic nitrogens is 1. The van der Waals surface area contributed by atoms with Crippen LogP contribution >= 0.6 is 0 Å². The fourth-order valence-electron chi connectivity index (χ4n) is 6.40. The molecule has 1 N–H and O–H groups in total. The number of aromatic amines is 1. The maximum Gasteiger partial charge on any atom is 0.254 e. The third-order valence-electron chi connectivity index (χ3n) is 8.34. The van der Waals surface area contributed by atoms with E-state index in [1.807, 2.05) is 43.3 Å². The summed E-state index contributed by atoms with van der Waals surface area (Å²) in [7, 11) is 1.67. The van der Waals surface area contributed by atoms with Crippen LogP contribution in [0.2, 0.25) is 0 Å². The van der Waals surface area contributed by atoms with Gasteiger partial charge < -0.3 is 24.3 Å². The van der Waals surface area contributed by atoms with Gasteiger partial charge in [0.05, 0.1) is 32.6 Å². The number of fused-ring (bicyclic) bond motifs is 5. The number of H-pyrrole nitrogens is 1. The van der Waals surface area contributed by atoms with E-state index in [4.69, 9.17) is 9.47 Å². The third kappa shape index (κ3) is 3.90. The highest BCUT2D eigenvalue weighted by Gasteiger charge is 2.56. The molecule has 0 aliphatic carbocycles. The Kier molecular flexibility index (Phi) is 6.16. The number of methoxy groups -OCH3 is 1. The second-order valence-electron chi connectivity index (χ2n) is 10.4. The first-order valence-electron chi connectivity index (χ1n) is 13.2. The Balaban J connectivity index is 1.38. The van der Waals surface area contributed by atoms with Gasteiger partial charge in [-0.05, 0) is 31.0 Å². The highest BCUT2D eigenvalue weighted by atomic mass is 16.5. The van der Waals surface area contributed by atoms with Gasteiger partial charge in [0.1, 0.15) is 5.75 Å². The predicted molar refractivity (Wildman–Crippen MR) is 141 cm³/mol. The molecule has 6 rings (SSSR count). The van der Waals surface area contributed by atoms with Gasteiger partial charge in [0.25, 0.3) is 5.91 Å². The standard InChI is InChI=1S/C29H34N4O4/c1-29-27-26(21-9-3-5-10-23(21)30-27)22(20-8-4-6-11-24(20)36-2)18-33(29)25(34)19-32(28(29)35)13-7-12-31-14-16-37-17-15-31/h3-6,8-11,22,30H,7,12-19H2,1-2H3/t22-,29-/m0/s1. The molecule has 37 heavy (non-hydrogen) atoms. The molecule has 2 fully saturated rings. The molecule has 0 radical (unpaired) electrons. The van der Waals surface area contributed by atoms with Crippen molar-refractivity contribution in [2.75, 3.05) is 59.6 Å². The topological polar surface area (TPSA) is 78.1 Å². The smallest absolute Gasteiger partial charge is 0.254 e. The van der Waals surface area contributed by atoms with Gasteiger partial charge in [-0.2, -0.15) is 0 Å². The van der Waals surface area contributed by atoms with E-state index in [-0.39, 0.29) is 24.3 Å². The molecule has 8 nitrogen and oxygen atoms in total. The lowest BCUT2D eigenvalue weighted by Gasteiger charge is -2.51. The SMILES string of the molecule is COc1ccccc1[C@@H]1CN2C(=O)CN(CCCN3CCOCC3)C(=O)[C@]2(C)c2[nH]c3ccccc3c21. The van der Waals surface area contributed by atoms with E-state index in [2.05, 4.69) is 22.0 Å². The van der Waals surface area contributed by atoms with E-state index < -0.39 is 5.54 Å². The monoisotopic (exact) mass is 502 g/mol. The molecule has 3 aliphatic rings. The Hall–Kier alpha value is -3.36. The van der Waals surface area contributed by atoms with Crippen LogP contribution in [0.15, 0.2) is 48.5 Å². The predicted octanol–water partition coefficient (Wildman–Crippen LogP) is 2.93. The summed E-state index contributed by atoms with van der Waals surface area (Å²) in [6, 6.07) is 16.1. The molecule has 2 atom stereocenters. The molecule has 0 bridgehead atoms. The van der Waals surface area contributed by atoms with E-state index in [0.717, 1.165) is 72.7 Å². The van der Waals surface area contributed by atoms with Gasteiger partial charge in [0.15, 0.2) is 5.54 Å². The highest BCUT2D eigenvalue weighted by Crippen LogP contribution is 2.49. The van der Waals surface area contributed by atoms with Gasteiger partial charge in [-0.15, -0.1) is 0 Å². The van der Waals surface area contributed by atoms with Crippen molar-refractivity contribution in [1.82, 2.24) is 19.7 Å². The summed E-state index contributed by atoms with van der Waals surface area (Å²) in [6.07, 6.45) is 0.832. The second kappa shape index (κ2) is 9.50. The number of hydrogen-bond donors (Lipinski definition) is 1. The van der Waals surface area contributed by atoms with Gasteiger partial charge in [-0.25, -0.2) is 0 Å². The van der Waals surface area contributed by atoms with Crippen molar-refractivity contribution in [3.63, 3.8) is 0 Å². The molecular formula is C29H34N4O4. The third-order valence-corrected chi connectivity index (χ3v) is 8.34. The second-order valence-corrected chi connectivity index (χ2v) is 10.4. The van der Waals surface area contributed by atoms with Crippen LogP contribution in [0, 0.1) is 0 Å². The van der Waals surface area contributed by atoms with E-state index in [9.17, 15) is 9.59 Å². The van der Waals surface area contributed by atoms with Gasteiger partial charge >= 0.3 is 0 Å². The van der Waals surface area contributed by atoms with Gasteiger partial charge in [-0.3, -0.25) is 14.5 Å². The number of nitrogens with one attached hydrogen (secondary N) is 1. The Morgan fingerprint density at radius 2 is 1.81 bits per heavy atom. The minimum atomic E-state index is -1.08. The van der Waals surface area contributed by atoms with E-state index in [0.29, 0.717) is 13.1 Å². The van der Waals surface area contributed by atoms with Gasteiger partial charge in [-0.1, -0.05) is 36.4 Å². The fraction of sp³-hybridized carbons (Fsp3) is 0.448. The zero-order valence-electron chi connectivity index (χ0n) is 21.5. The summed E-state index contributed by atoms with van der Waals surface area (Å²) in [6.45, 7) is 7.27. The van der Waals surface area contributed by atoms with Crippen LogP contribution in [-0.2, 0) is 19.9 Å². The number of nitrogens with zero attached hydrogens (tertiary/aromatic N) is 3. The van der Waals surface area contributed by atoms with Crippen molar-refractivity contribution >= 4 is 22.7 Å². The molecule has 3 aliphatic heterocycles. The first-order valence-corrected chi connectivity index (χ1v) is 13.2. The molecule has 1 aromatic heterocycles. The number of amides is 2. The molecule has 4 heterocycles. The molecule has 2 aromatic carbocycles. The first kappa shape index (κ1) is 24.0. The quantitative estimate of drug-likeness (QED) is 0.561. The number of benzene rings is 2. The number of para-hydroxylation sites is 2. The Labute approximate surface area is 217 Å². The van der Waals surface area contributed by atoms with Gasteiger partial charge in [0.2, 0.25) is 5.91 Å². The van der Waals surface area contributed by atoms with Crippen LogP contribution in [0.1, 0.15) is 36.1 Å². The molecule has 194 valence electrons. The summed E-state index contributed by atoms with van der Waals surface area (Å²) < 4.78 is 11.2. The summed E-state index contributed by atoms with van der Waals surface area (Å²) in [5.41, 5.74) is 2.80. The molecule has 2 saturated heterocycles.